The van der Waals surface area contributed by atoms with Gasteiger partial charge in [-0.2, -0.15) is 0 Å². The summed E-state index contributed by atoms with van der Waals surface area (Å²) in [4.78, 5) is 0. The van der Waals surface area contributed by atoms with Crippen LogP contribution in [-0.4, -0.2) is 34.0 Å². The van der Waals surface area contributed by atoms with Gasteiger partial charge in [-0.3, -0.25) is 0 Å². The van der Waals surface area contributed by atoms with E-state index in [1.807, 2.05) is 45.0 Å². The summed E-state index contributed by atoms with van der Waals surface area (Å²) in [5, 5.41) is 23.9. The van der Waals surface area contributed by atoms with Crippen LogP contribution in [0.15, 0.2) is 24.3 Å². The lowest BCUT2D eigenvalue weighted by atomic mass is 9.89. The molecule has 0 aromatic heterocycles. The van der Waals surface area contributed by atoms with Gasteiger partial charge in [0.05, 0.1) is 5.60 Å². The average Bonchev–Trinajstić information content (AvgIpc) is 2.20. The van der Waals surface area contributed by atoms with Crippen LogP contribution in [0, 0.1) is 6.92 Å². The molecule has 1 radical (unpaired) electrons. The fourth-order valence-corrected chi connectivity index (χ4v) is 1.03. The van der Waals surface area contributed by atoms with Gasteiger partial charge in [-0.15, -0.1) is 0 Å². The van der Waals surface area contributed by atoms with Crippen molar-refractivity contribution in [2.24, 2.45) is 0 Å². The van der Waals surface area contributed by atoms with E-state index in [1.54, 1.807) is 13.8 Å². The maximum atomic E-state index is 9.94. The Morgan fingerprint density at radius 2 is 1.39 bits per heavy atom. The quantitative estimate of drug-likeness (QED) is 0.713. The summed E-state index contributed by atoms with van der Waals surface area (Å²) in [7, 11) is 0. The van der Waals surface area contributed by atoms with Gasteiger partial charge in [0.1, 0.15) is 11.4 Å². The minimum Gasteiger partial charge on any atom is -0.485 e. The standard InChI is InChI=1S/C13H20O2.BH2O2/c1-10-6-8-11(9-7-10)15-13(4,5)12(2,3)14;2-1-3/h6-9,14H,1-5H3;2-3H. The number of rotatable bonds is 3. The van der Waals surface area contributed by atoms with Crippen molar-refractivity contribution in [3.63, 3.8) is 0 Å². The van der Waals surface area contributed by atoms with Crippen molar-refractivity contribution in [2.45, 2.75) is 45.8 Å². The summed E-state index contributed by atoms with van der Waals surface area (Å²) in [5.74, 6) is 0.785. The van der Waals surface area contributed by atoms with Crippen molar-refractivity contribution in [1.29, 1.82) is 0 Å². The van der Waals surface area contributed by atoms with Gasteiger partial charge in [-0.1, -0.05) is 17.7 Å². The summed E-state index contributed by atoms with van der Waals surface area (Å²) in [6.45, 7) is 9.30. The zero-order valence-corrected chi connectivity index (χ0v) is 11.6. The van der Waals surface area contributed by atoms with E-state index in [1.165, 1.54) is 5.56 Å². The topological polar surface area (TPSA) is 69.9 Å². The van der Waals surface area contributed by atoms with E-state index in [-0.39, 0.29) is 7.69 Å². The molecule has 3 N–H and O–H groups in total. The third-order valence-corrected chi connectivity index (χ3v) is 2.87. The second-order valence-corrected chi connectivity index (χ2v) is 5.10. The lowest BCUT2D eigenvalue weighted by Crippen LogP contribution is -2.49. The van der Waals surface area contributed by atoms with Gasteiger partial charge in [0.15, 0.2) is 0 Å². The molecule has 0 saturated heterocycles. The Morgan fingerprint density at radius 1 is 1.00 bits per heavy atom. The monoisotopic (exact) mass is 253 g/mol. The SMILES string of the molecule is Cc1ccc(OC(C)(C)C(C)(C)O)cc1.O[B]O. The Labute approximate surface area is 110 Å². The Balaban J connectivity index is 0.000000873. The second-order valence-electron chi connectivity index (χ2n) is 5.10. The van der Waals surface area contributed by atoms with Crippen molar-refractivity contribution < 1.29 is 19.9 Å². The van der Waals surface area contributed by atoms with Crippen LogP contribution in [0.1, 0.15) is 33.3 Å². The van der Waals surface area contributed by atoms with Crippen molar-refractivity contribution in [3.05, 3.63) is 29.8 Å². The number of aliphatic hydroxyl groups is 1. The maximum Gasteiger partial charge on any atom is 0.482 e. The molecule has 0 atom stereocenters. The summed E-state index contributed by atoms with van der Waals surface area (Å²) in [6, 6.07) is 7.83. The van der Waals surface area contributed by atoms with Crippen molar-refractivity contribution in [2.75, 3.05) is 0 Å². The van der Waals surface area contributed by atoms with Crippen molar-refractivity contribution >= 4 is 7.69 Å². The first-order valence-corrected chi connectivity index (χ1v) is 5.72. The molecule has 1 aromatic rings. The molecule has 1 rings (SSSR count). The van der Waals surface area contributed by atoms with Crippen LogP contribution in [0.5, 0.6) is 5.75 Å². The Hall–Kier alpha value is -1.04. The molecule has 0 spiro atoms. The number of ether oxygens (including phenoxy) is 1. The van der Waals surface area contributed by atoms with E-state index in [2.05, 4.69) is 0 Å². The zero-order valence-electron chi connectivity index (χ0n) is 11.6. The molecule has 0 aliphatic carbocycles. The highest BCUT2D eigenvalue weighted by atomic mass is 16.5. The van der Waals surface area contributed by atoms with Crippen LogP contribution >= 0.6 is 0 Å². The number of hydrogen-bond donors (Lipinski definition) is 3. The van der Waals surface area contributed by atoms with Gasteiger partial charge in [0.25, 0.3) is 0 Å². The molecule has 0 saturated carbocycles. The molecule has 0 amide bonds. The number of hydrogen-bond acceptors (Lipinski definition) is 4. The molecular formula is C13H22BO4. The molecule has 1 aromatic carbocycles. The van der Waals surface area contributed by atoms with E-state index in [4.69, 9.17) is 14.8 Å². The number of benzene rings is 1. The molecule has 0 unspecified atom stereocenters. The highest BCUT2D eigenvalue weighted by Crippen LogP contribution is 2.27. The molecule has 0 aliphatic rings. The van der Waals surface area contributed by atoms with Crippen molar-refractivity contribution in [1.82, 2.24) is 0 Å². The molecule has 101 valence electrons. The van der Waals surface area contributed by atoms with Crippen LogP contribution in [0.3, 0.4) is 0 Å². The average molecular weight is 253 g/mol. The van der Waals surface area contributed by atoms with E-state index < -0.39 is 11.2 Å². The third-order valence-electron chi connectivity index (χ3n) is 2.87. The van der Waals surface area contributed by atoms with Crippen molar-refractivity contribution in [3.8, 4) is 5.75 Å². The summed E-state index contributed by atoms with van der Waals surface area (Å²) in [6.07, 6.45) is 0. The zero-order chi connectivity index (χ0) is 14.4. The van der Waals surface area contributed by atoms with E-state index in [0.29, 0.717) is 0 Å². The highest BCUT2D eigenvalue weighted by molar-refractivity contribution is 6.13. The normalized spacial score (nSPS) is 11.3. The predicted molar refractivity (Wildman–Crippen MR) is 72.4 cm³/mol. The fraction of sp³-hybridized carbons (Fsp3) is 0.538. The molecule has 5 heteroatoms. The maximum absolute atomic E-state index is 9.94. The molecular weight excluding hydrogens is 231 g/mol. The first-order valence-electron chi connectivity index (χ1n) is 5.72. The van der Waals surface area contributed by atoms with Gasteiger partial charge >= 0.3 is 7.69 Å². The Kier molecular flexibility index (Phi) is 6.39. The molecule has 18 heavy (non-hydrogen) atoms. The lowest BCUT2D eigenvalue weighted by molar-refractivity contribution is -0.0906. The fourth-order valence-electron chi connectivity index (χ4n) is 1.03. The highest BCUT2D eigenvalue weighted by Gasteiger charge is 2.37. The summed E-state index contributed by atoms with van der Waals surface area (Å²) in [5.41, 5.74) is -0.288. The second kappa shape index (κ2) is 6.78. The Morgan fingerprint density at radius 3 is 1.72 bits per heavy atom. The Bertz CT molecular complexity index is 341. The smallest absolute Gasteiger partial charge is 0.482 e. The lowest BCUT2D eigenvalue weighted by Gasteiger charge is -2.37. The summed E-state index contributed by atoms with van der Waals surface area (Å²) >= 11 is 0. The van der Waals surface area contributed by atoms with E-state index in [0.717, 1.165) is 5.75 Å². The minimum atomic E-state index is -0.877. The predicted octanol–water partition coefficient (Wildman–Crippen LogP) is 1.43. The molecule has 0 fully saturated rings. The van der Waals surface area contributed by atoms with Gasteiger partial charge in [-0.25, -0.2) is 0 Å². The minimum absolute atomic E-state index is 0. The molecule has 4 nitrogen and oxygen atoms in total. The van der Waals surface area contributed by atoms with Gasteiger partial charge in [0.2, 0.25) is 0 Å². The number of aryl methyl sites for hydroxylation is 1. The van der Waals surface area contributed by atoms with Crippen LogP contribution in [0.25, 0.3) is 0 Å². The van der Waals surface area contributed by atoms with Gasteiger partial charge in [-0.05, 0) is 46.8 Å². The first kappa shape index (κ1) is 17.0. The molecule has 0 aliphatic heterocycles. The van der Waals surface area contributed by atoms with Crippen LogP contribution in [0.2, 0.25) is 0 Å². The third kappa shape index (κ3) is 5.53. The first-order chi connectivity index (χ1) is 8.14. The van der Waals surface area contributed by atoms with E-state index in [9.17, 15) is 5.11 Å². The molecule has 0 heterocycles. The molecule has 0 bridgehead atoms. The summed E-state index contributed by atoms with van der Waals surface area (Å²) < 4.78 is 5.77. The van der Waals surface area contributed by atoms with Gasteiger partial charge in [0, 0.05) is 0 Å². The van der Waals surface area contributed by atoms with Gasteiger partial charge < -0.3 is 19.9 Å². The van der Waals surface area contributed by atoms with Crippen LogP contribution in [0.4, 0.5) is 0 Å². The van der Waals surface area contributed by atoms with Crippen LogP contribution < -0.4 is 4.74 Å². The van der Waals surface area contributed by atoms with E-state index >= 15 is 0 Å². The largest absolute Gasteiger partial charge is 0.485 e. The van der Waals surface area contributed by atoms with Crippen LogP contribution in [-0.2, 0) is 0 Å².